The van der Waals surface area contributed by atoms with Crippen LogP contribution < -0.4 is 14.8 Å². The van der Waals surface area contributed by atoms with Crippen LogP contribution in [0, 0.1) is 0 Å². The van der Waals surface area contributed by atoms with Gasteiger partial charge >= 0.3 is 0 Å². The summed E-state index contributed by atoms with van der Waals surface area (Å²) in [6.07, 6.45) is 0.864. The Bertz CT molecular complexity index is 1390. The van der Waals surface area contributed by atoms with Gasteiger partial charge in [-0.1, -0.05) is 48.8 Å². The molecule has 0 bridgehead atoms. The van der Waals surface area contributed by atoms with E-state index in [4.69, 9.17) is 37.4 Å². The van der Waals surface area contributed by atoms with Crippen molar-refractivity contribution < 1.29 is 19.0 Å². The Balaban J connectivity index is 0.00000370. The summed E-state index contributed by atoms with van der Waals surface area (Å²) in [6.45, 7) is 5.29. The minimum Gasteiger partial charge on any atom is -0.485 e. The first-order chi connectivity index (χ1) is 19.0. The van der Waals surface area contributed by atoms with Crippen molar-refractivity contribution in [3.05, 3.63) is 87.7 Å². The van der Waals surface area contributed by atoms with Gasteiger partial charge in [0.05, 0.1) is 24.2 Å². The molecule has 0 atom stereocenters. The SMILES string of the molecule is C.O=C(NCCCN1CCOCC1)c1ccc(OCc2nc3ccccc3[nH]2)c(OCc2ccc(Cl)cc2Cl)c1. The van der Waals surface area contributed by atoms with Crippen LogP contribution in [0.25, 0.3) is 11.0 Å². The summed E-state index contributed by atoms with van der Waals surface area (Å²) in [7, 11) is 0. The Morgan fingerprint density at radius 3 is 2.60 bits per heavy atom. The number of aromatic nitrogens is 2. The largest absolute Gasteiger partial charge is 0.485 e. The maximum atomic E-state index is 12.9. The predicted octanol–water partition coefficient (Wildman–Crippen LogP) is 6.12. The van der Waals surface area contributed by atoms with E-state index in [1.807, 2.05) is 30.3 Å². The number of nitrogens with one attached hydrogen (secondary N) is 2. The number of amides is 1. The van der Waals surface area contributed by atoms with E-state index in [1.165, 1.54) is 0 Å². The summed E-state index contributed by atoms with van der Waals surface area (Å²) in [5.74, 6) is 1.43. The lowest BCUT2D eigenvalue weighted by Crippen LogP contribution is -2.38. The lowest BCUT2D eigenvalue weighted by atomic mass is 10.1. The first-order valence-corrected chi connectivity index (χ1v) is 13.7. The van der Waals surface area contributed by atoms with Crippen molar-refractivity contribution in [3.8, 4) is 11.5 Å². The summed E-state index contributed by atoms with van der Waals surface area (Å²) in [5, 5.41) is 4.05. The molecular formula is C30H34Cl2N4O4. The maximum Gasteiger partial charge on any atom is 0.251 e. The van der Waals surface area contributed by atoms with Crippen molar-refractivity contribution in [2.24, 2.45) is 0 Å². The Kier molecular flexibility index (Phi) is 10.7. The molecule has 1 aliphatic rings. The van der Waals surface area contributed by atoms with E-state index in [1.54, 1.807) is 30.3 Å². The number of benzene rings is 3. The van der Waals surface area contributed by atoms with Crippen molar-refractivity contribution in [3.63, 3.8) is 0 Å². The van der Waals surface area contributed by atoms with Crippen molar-refractivity contribution in [1.82, 2.24) is 20.2 Å². The van der Waals surface area contributed by atoms with Crippen LogP contribution in [0.15, 0.2) is 60.7 Å². The van der Waals surface area contributed by atoms with Crippen LogP contribution in [0.2, 0.25) is 10.0 Å². The van der Waals surface area contributed by atoms with Gasteiger partial charge in [-0.15, -0.1) is 0 Å². The first kappa shape index (κ1) is 29.7. The van der Waals surface area contributed by atoms with Crippen LogP contribution >= 0.6 is 23.2 Å². The van der Waals surface area contributed by atoms with E-state index in [2.05, 4.69) is 20.2 Å². The lowest BCUT2D eigenvalue weighted by molar-refractivity contribution is 0.0374. The monoisotopic (exact) mass is 584 g/mol. The van der Waals surface area contributed by atoms with Crippen LogP contribution in [0.3, 0.4) is 0 Å². The van der Waals surface area contributed by atoms with Crippen molar-refractivity contribution >= 4 is 40.1 Å². The summed E-state index contributed by atoms with van der Waals surface area (Å²) >= 11 is 12.4. The van der Waals surface area contributed by atoms with Gasteiger partial charge in [-0.05, 0) is 55.4 Å². The van der Waals surface area contributed by atoms with Gasteiger partial charge in [-0.3, -0.25) is 9.69 Å². The molecule has 2 heterocycles. The number of nitrogens with zero attached hydrogens (tertiary/aromatic N) is 2. The number of hydrogen-bond donors (Lipinski definition) is 2. The standard InChI is InChI=1S/C29H30Cl2N4O4.CH4/c30-22-8-6-21(23(31)17-22)18-38-27-16-20(29(36)32-10-3-11-35-12-14-37-15-13-35)7-9-26(27)39-19-28-33-24-4-1-2-5-25(24)34-28;/h1-2,4-9,16-17H,3,10-15,18-19H2,(H,32,36)(H,33,34);1H4. The van der Waals surface area contributed by atoms with E-state index in [-0.39, 0.29) is 26.5 Å². The fourth-order valence-corrected chi connectivity index (χ4v) is 4.79. The third-order valence-corrected chi connectivity index (χ3v) is 7.03. The smallest absolute Gasteiger partial charge is 0.251 e. The lowest BCUT2D eigenvalue weighted by Gasteiger charge is -2.26. The van der Waals surface area contributed by atoms with E-state index < -0.39 is 0 Å². The molecule has 40 heavy (non-hydrogen) atoms. The van der Waals surface area contributed by atoms with Crippen molar-refractivity contribution in [2.75, 3.05) is 39.4 Å². The normalized spacial score (nSPS) is 13.6. The summed E-state index contributed by atoms with van der Waals surface area (Å²) in [5.41, 5.74) is 3.05. The molecule has 1 saturated heterocycles. The Morgan fingerprint density at radius 1 is 1.00 bits per heavy atom. The number of hydrogen-bond acceptors (Lipinski definition) is 6. The summed E-state index contributed by atoms with van der Waals surface area (Å²) in [6, 6.07) is 18.2. The summed E-state index contributed by atoms with van der Waals surface area (Å²) < 4.78 is 17.6. The fraction of sp³-hybridized carbons (Fsp3) is 0.333. The number of carbonyl (C=O) groups excluding carboxylic acids is 1. The molecule has 0 radical (unpaired) electrons. The molecule has 2 N–H and O–H groups in total. The second-order valence-electron chi connectivity index (χ2n) is 9.24. The molecule has 212 valence electrons. The number of aromatic amines is 1. The van der Waals surface area contributed by atoms with Gasteiger partial charge < -0.3 is 24.5 Å². The average molecular weight is 586 g/mol. The van der Waals surface area contributed by atoms with Gasteiger partial charge in [0.25, 0.3) is 5.91 Å². The molecular weight excluding hydrogens is 551 g/mol. The molecule has 1 aromatic heterocycles. The van der Waals surface area contributed by atoms with E-state index >= 15 is 0 Å². The molecule has 5 rings (SSSR count). The number of morpholine rings is 1. The second-order valence-corrected chi connectivity index (χ2v) is 10.1. The van der Waals surface area contributed by atoms with Crippen LogP contribution in [0.5, 0.6) is 11.5 Å². The highest BCUT2D eigenvalue weighted by Gasteiger charge is 2.15. The number of rotatable bonds is 11. The number of para-hydroxylation sites is 2. The minimum absolute atomic E-state index is 0. The number of H-pyrrole nitrogens is 1. The van der Waals surface area contributed by atoms with Crippen LogP contribution in [-0.4, -0.2) is 60.2 Å². The zero-order valence-electron chi connectivity index (χ0n) is 21.4. The van der Waals surface area contributed by atoms with E-state index in [9.17, 15) is 4.79 Å². The molecule has 8 nitrogen and oxygen atoms in total. The van der Waals surface area contributed by atoms with Gasteiger partial charge in [0.2, 0.25) is 0 Å². The van der Waals surface area contributed by atoms with Gasteiger partial charge in [0.15, 0.2) is 11.5 Å². The quantitative estimate of drug-likeness (QED) is 0.207. The van der Waals surface area contributed by atoms with Crippen molar-refractivity contribution in [1.29, 1.82) is 0 Å². The van der Waals surface area contributed by atoms with Crippen LogP contribution in [-0.2, 0) is 18.0 Å². The highest BCUT2D eigenvalue weighted by Crippen LogP contribution is 2.31. The number of fused-ring (bicyclic) bond motifs is 1. The molecule has 0 spiro atoms. The third-order valence-electron chi connectivity index (χ3n) is 6.45. The van der Waals surface area contributed by atoms with Gasteiger partial charge in [-0.25, -0.2) is 4.98 Å². The van der Waals surface area contributed by atoms with Crippen LogP contribution in [0.4, 0.5) is 0 Å². The number of carbonyl (C=O) groups is 1. The Hall–Kier alpha value is -3.30. The molecule has 1 amide bonds. The van der Waals surface area contributed by atoms with Gasteiger partial charge in [-0.2, -0.15) is 0 Å². The molecule has 0 unspecified atom stereocenters. The zero-order valence-corrected chi connectivity index (χ0v) is 22.9. The summed E-state index contributed by atoms with van der Waals surface area (Å²) in [4.78, 5) is 23.1. The third kappa shape index (κ3) is 7.88. The molecule has 1 fully saturated rings. The molecule has 0 aliphatic carbocycles. The minimum atomic E-state index is -0.171. The fourth-order valence-electron chi connectivity index (χ4n) is 4.33. The average Bonchev–Trinajstić information content (AvgIpc) is 3.37. The molecule has 1 aliphatic heterocycles. The molecule has 0 saturated carbocycles. The predicted molar refractivity (Wildman–Crippen MR) is 159 cm³/mol. The number of halogens is 2. The topological polar surface area (TPSA) is 88.7 Å². The van der Waals surface area contributed by atoms with E-state index in [0.717, 1.165) is 55.9 Å². The van der Waals surface area contributed by atoms with E-state index in [0.29, 0.717) is 39.5 Å². The van der Waals surface area contributed by atoms with Gasteiger partial charge in [0.1, 0.15) is 19.0 Å². The highest BCUT2D eigenvalue weighted by molar-refractivity contribution is 6.35. The molecule has 3 aromatic carbocycles. The molecule has 10 heteroatoms. The second kappa shape index (κ2) is 14.4. The highest BCUT2D eigenvalue weighted by atomic mass is 35.5. The maximum absolute atomic E-state index is 12.9. The van der Waals surface area contributed by atoms with Gasteiger partial charge in [0, 0.05) is 40.8 Å². The Labute approximate surface area is 244 Å². The van der Waals surface area contributed by atoms with Crippen molar-refractivity contribution in [2.45, 2.75) is 27.1 Å². The number of imidazole rings is 1. The van der Waals surface area contributed by atoms with Crippen LogP contribution in [0.1, 0.15) is 35.6 Å². The Morgan fingerprint density at radius 2 is 1.80 bits per heavy atom. The molecule has 4 aromatic rings. The zero-order chi connectivity index (χ0) is 27.0. The number of ether oxygens (including phenoxy) is 3. The first-order valence-electron chi connectivity index (χ1n) is 12.9.